The van der Waals surface area contributed by atoms with Crippen LogP contribution in [0.3, 0.4) is 0 Å². The Balaban J connectivity index is 1.64. The maximum absolute atomic E-state index is 13.1. The van der Waals surface area contributed by atoms with Crippen molar-refractivity contribution in [3.63, 3.8) is 0 Å². The van der Waals surface area contributed by atoms with Crippen molar-refractivity contribution >= 4 is 11.8 Å². The number of nitrogens with one attached hydrogen (secondary N) is 1. The van der Waals surface area contributed by atoms with E-state index in [-0.39, 0.29) is 11.8 Å². The molecule has 3 rings (SSSR count). The first-order chi connectivity index (χ1) is 14.6. The first-order valence-electron chi connectivity index (χ1n) is 9.96. The molecule has 0 spiro atoms. The van der Waals surface area contributed by atoms with Gasteiger partial charge in [0.05, 0.1) is 6.54 Å². The fraction of sp³-hybridized carbons (Fsp3) is 0.200. The molecule has 3 aromatic rings. The van der Waals surface area contributed by atoms with Gasteiger partial charge >= 0.3 is 0 Å². The Kier molecular flexibility index (Phi) is 7.61. The second-order valence-corrected chi connectivity index (χ2v) is 7.00. The van der Waals surface area contributed by atoms with E-state index in [2.05, 4.69) is 5.32 Å². The van der Waals surface area contributed by atoms with Crippen LogP contribution >= 0.6 is 0 Å². The van der Waals surface area contributed by atoms with Crippen molar-refractivity contribution in [1.29, 1.82) is 0 Å². The number of hydrogen-bond acceptors (Lipinski definition) is 3. The summed E-state index contributed by atoms with van der Waals surface area (Å²) in [4.78, 5) is 27.4. The second-order valence-electron chi connectivity index (χ2n) is 7.00. The van der Waals surface area contributed by atoms with E-state index in [9.17, 15) is 9.59 Å². The molecule has 0 radical (unpaired) electrons. The Morgan fingerprint density at radius 3 is 2.07 bits per heavy atom. The average Bonchev–Trinajstić information content (AvgIpc) is 2.80. The van der Waals surface area contributed by atoms with Gasteiger partial charge in [-0.15, -0.1) is 0 Å². The van der Waals surface area contributed by atoms with E-state index in [1.807, 2.05) is 66.7 Å². The van der Waals surface area contributed by atoms with Crippen molar-refractivity contribution < 1.29 is 14.3 Å². The van der Waals surface area contributed by atoms with Crippen LogP contribution in [0.5, 0.6) is 5.75 Å². The number of rotatable bonds is 9. The number of nitrogens with zero attached hydrogens (tertiary/aromatic N) is 1. The normalized spacial score (nSPS) is 11.4. The van der Waals surface area contributed by atoms with Gasteiger partial charge in [-0.3, -0.25) is 9.59 Å². The molecule has 0 aromatic heterocycles. The highest BCUT2D eigenvalue weighted by Crippen LogP contribution is 2.10. The summed E-state index contributed by atoms with van der Waals surface area (Å²) in [7, 11) is 1.73. The smallest absolute Gasteiger partial charge is 0.251 e. The Morgan fingerprint density at radius 2 is 1.43 bits per heavy atom. The van der Waals surface area contributed by atoms with E-state index in [4.69, 9.17) is 4.74 Å². The molecular weight excluding hydrogens is 376 g/mol. The van der Waals surface area contributed by atoms with E-state index < -0.39 is 6.04 Å². The van der Waals surface area contributed by atoms with Gasteiger partial charge < -0.3 is 15.0 Å². The van der Waals surface area contributed by atoms with Gasteiger partial charge in [-0.05, 0) is 29.8 Å². The monoisotopic (exact) mass is 402 g/mol. The zero-order chi connectivity index (χ0) is 21.2. The SMILES string of the molecule is CN(CCOc1ccccc1)C(=O)C(Cc1ccccc1)NC(=O)c1ccccc1. The molecule has 0 aliphatic heterocycles. The summed E-state index contributed by atoms with van der Waals surface area (Å²) in [5.41, 5.74) is 1.51. The highest BCUT2D eigenvalue weighted by atomic mass is 16.5. The van der Waals surface area contributed by atoms with Crippen LogP contribution < -0.4 is 10.1 Å². The highest BCUT2D eigenvalue weighted by Gasteiger charge is 2.24. The third kappa shape index (κ3) is 6.21. The van der Waals surface area contributed by atoms with Crippen molar-refractivity contribution in [2.24, 2.45) is 0 Å². The maximum Gasteiger partial charge on any atom is 0.251 e. The van der Waals surface area contributed by atoms with Gasteiger partial charge in [0.15, 0.2) is 0 Å². The van der Waals surface area contributed by atoms with Gasteiger partial charge in [-0.1, -0.05) is 66.7 Å². The first-order valence-corrected chi connectivity index (χ1v) is 9.96. The predicted molar refractivity (Wildman–Crippen MR) is 117 cm³/mol. The first kappa shape index (κ1) is 21.1. The van der Waals surface area contributed by atoms with Crippen molar-refractivity contribution in [1.82, 2.24) is 10.2 Å². The van der Waals surface area contributed by atoms with Gasteiger partial charge in [0.2, 0.25) is 5.91 Å². The minimum Gasteiger partial charge on any atom is -0.492 e. The summed E-state index contributed by atoms with van der Waals surface area (Å²) >= 11 is 0. The minimum absolute atomic E-state index is 0.153. The number of hydrogen-bond donors (Lipinski definition) is 1. The molecule has 0 heterocycles. The van der Waals surface area contributed by atoms with Crippen molar-refractivity contribution in [3.8, 4) is 5.75 Å². The number of benzene rings is 3. The number of carbonyl (C=O) groups is 2. The van der Waals surface area contributed by atoms with Gasteiger partial charge in [0.1, 0.15) is 18.4 Å². The van der Waals surface area contributed by atoms with E-state index in [1.165, 1.54) is 0 Å². The van der Waals surface area contributed by atoms with E-state index in [1.54, 1.807) is 36.2 Å². The molecule has 0 saturated carbocycles. The summed E-state index contributed by atoms with van der Waals surface area (Å²) < 4.78 is 5.69. The van der Waals surface area contributed by atoms with Crippen LogP contribution in [0.1, 0.15) is 15.9 Å². The molecule has 1 unspecified atom stereocenters. The fourth-order valence-corrected chi connectivity index (χ4v) is 3.07. The van der Waals surface area contributed by atoms with Crippen LogP contribution in [0.25, 0.3) is 0 Å². The van der Waals surface area contributed by atoms with Crippen LogP contribution in [0.2, 0.25) is 0 Å². The lowest BCUT2D eigenvalue weighted by molar-refractivity contribution is -0.132. The summed E-state index contributed by atoms with van der Waals surface area (Å²) in [5, 5.41) is 2.90. The number of likely N-dealkylation sites (N-methyl/N-ethyl adjacent to an activating group) is 1. The molecule has 0 aliphatic rings. The van der Waals surface area contributed by atoms with Crippen LogP contribution in [0.4, 0.5) is 0 Å². The molecule has 2 amide bonds. The van der Waals surface area contributed by atoms with E-state index >= 15 is 0 Å². The average molecular weight is 402 g/mol. The standard InChI is InChI=1S/C25H26N2O3/c1-27(17-18-30-22-15-9-4-10-16-22)25(29)23(19-20-11-5-2-6-12-20)26-24(28)21-13-7-3-8-14-21/h2-16,23H,17-19H2,1H3,(H,26,28). The summed E-state index contributed by atoms with van der Waals surface area (Å²) in [6.07, 6.45) is 0.419. The lowest BCUT2D eigenvalue weighted by atomic mass is 10.0. The molecule has 0 saturated heterocycles. The number of ether oxygens (including phenoxy) is 1. The molecule has 5 nitrogen and oxygen atoms in total. The number of para-hydroxylation sites is 1. The Morgan fingerprint density at radius 1 is 0.867 bits per heavy atom. The third-order valence-corrected chi connectivity index (χ3v) is 4.74. The third-order valence-electron chi connectivity index (χ3n) is 4.74. The van der Waals surface area contributed by atoms with Crippen LogP contribution in [-0.4, -0.2) is 43.0 Å². The Labute approximate surface area is 177 Å². The molecule has 5 heteroatoms. The molecule has 0 bridgehead atoms. The van der Waals surface area contributed by atoms with E-state index in [0.29, 0.717) is 25.1 Å². The Bertz CT molecular complexity index is 930. The van der Waals surface area contributed by atoms with Crippen LogP contribution in [0, 0.1) is 0 Å². The Hall–Kier alpha value is -3.60. The van der Waals surface area contributed by atoms with Crippen LogP contribution in [0.15, 0.2) is 91.0 Å². The van der Waals surface area contributed by atoms with Gasteiger partial charge in [-0.2, -0.15) is 0 Å². The molecule has 30 heavy (non-hydrogen) atoms. The quantitative estimate of drug-likeness (QED) is 0.595. The van der Waals surface area contributed by atoms with E-state index in [0.717, 1.165) is 11.3 Å². The van der Waals surface area contributed by atoms with Crippen LogP contribution in [-0.2, 0) is 11.2 Å². The largest absolute Gasteiger partial charge is 0.492 e. The second kappa shape index (κ2) is 10.8. The van der Waals surface area contributed by atoms with Gasteiger partial charge in [0.25, 0.3) is 5.91 Å². The predicted octanol–water partition coefficient (Wildman–Crippen LogP) is 3.57. The summed E-state index contributed by atoms with van der Waals surface area (Å²) in [5.74, 6) is 0.343. The van der Waals surface area contributed by atoms with Crippen molar-refractivity contribution in [2.75, 3.05) is 20.2 Å². The number of carbonyl (C=O) groups excluding carboxylic acids is 2. The summed E-state index contributed by atoms with van der Waals surface area (Å²) in [6.45, 7) is 0.789. The molecule has 0 aliphatic carbocycles. The minimum atomic E-state index is -0.665. The molecule has 154 valence electrons. The lowest BCUT2D eigenvalue weighted by Gasteiger charge is -2.25. The topological polar surface area (TPSA) is 58.6 Å². The maximum atomic E-state index is 13.1. The zero-order valence-electron chi connectivity index (χ0n) is 17.0. The van der Waals surface area contributed by atoms with Crippen molar-refractivity contribution in [3.05, 3.63) is 102 Å². The lowest BCUT2D eigenvalue weighted by Crippen LogP contribution is -2.49. The van der Waals surface area contributed by atoms with Crippen molar-refractivity contribution in [2.45, 2.75) is 12.5 Å². The van der Waals surface area contributed by atoms with Gasteiger partial charge in [0, 0.05) is 19.0 Å². The molecule has 0 fully saturated rings. The summed E-state index contributed by atoms with van der Waals surface area (Å²) in [6, 6.07) is 27.4. The fourth-order valence-electron chi connectivity index (χ4n) is 3.07. The molecular formula is C25H26N2O3. The molecule has 1 atom stereocenters. The molecule has 3 aromatic carbocycles. The number of amides is 2. The highest BCUT2D eigenvalue weighted by molar-refractivity contribution is 5.97. The van der Waals surface area contributed by atoms with Gasteiger partial charge in [-0.25, -0.2) is 0 Å². The molecule has 1 N–H and O–H groups in total. The zero-order valence-corrected chi connectivity index (χ0v) is 17.0.